The lowest BCUT2D eigenvalue weighted by Gasteiger charge is -2.10. The van der Waals surface area contributed by atoms with E-state index in [0.29, 0.717) is 6.54 Å². The molecule has 0 fully saturated rings. The minimum Gasteiger partial charge on any atom is -0.380 e. The Morgan fingerprint density at radius 1 is 1.16 bits per heavy atom. The second kappa shape index (κ2) is 6.38. The monoisotopic (exact) mass is 275 g/mol. The summed E-state index contributed by atoms with van der Waals surface area (Å²) in [6.07, 6.45) is 9.37. The normalized spacial score (nSPS) is 10.3. The van der Waals surface area contributed by atoms with Crippen molar-refractivity contribution in [2.45, 2.75) is 11.4 Å². The SMILES string of the molecule is CSc1cncc(NCc2cnc(N(C)C)nc2)c1. The number of thioether (sulfide) groups is 1. The molecule has 0 saturated heterocycles. The maximum absolute atomic E-state index is 4.28. The lowest BCUT2D eigenvalue weighted by molar-refractivity contribution is 0.969. The Balaban J connectivity index is 1.98. The van der Waals surface area contributed by atoms with Gasteiger partial charge in [0.05, 0.1) is 11.9 Å². The van der Waals surface area contributed by atoms with Gasteiger partial charge in [0.1, 0.15) is 0 Å². The lowest BCUT2D eigenvalue weighted by Crippen LogP contribution is -2.13. The number of nitrogens with zero attached hydrogens (tertiary/aromatic N) is 4. The van der Waals surface area contributed by atoms with Crippen LogP contribution in [0.4, 0.5) is 11.6 Å². The number of nitrogens with one attached hydrogen (secondary N) is 1. The summed E-state index contributed by atoms with van der Waals surface area (Å²) in [6.45, 7) is 0.688. The van der Waals surface area contributed by atoms with Crippen LogP contribution >= 0.6 is 11.8 Å². The maximum Gasteiger partial charge on any atom is 0.224 e. The fourth-order valence-corrected chi connectivity index (χ4v) is 1.91. The van der Waals surface area contributed by atoms with Gasteiger partial charge < -0.3 is 10.2 Å². The first-order valence-corrected chi connectivity index (χ1v) is 7.12. The molecule has 0 aliphatic rings. The van der Waals surface area contributed by atoms with Crippen molar-refractivity contribution in [3.05, 3.63) is 36.4 Å². The highest BCUT2D eigenvalue weighted by atomic mass is 32.2. The minimum absolute atomic E-state index is 0.688. The van der Waals surface area contributed by atoms with E-state index >= 15 is 0 Å². The van der Waals surface area contributed by atoms with Crippen molar-refractivity contribution < 1.29 is 0 Å². The van der Waals surface area contributed by atoms with Crippen molar-refractivity contribution in [1.29, 1.82) is 0 Å². The molecular formula is C13H17N5S. The molecule has 2 heterocycles. The van der Waals surface area contributed by atoms with Crippen LogP contribution in [0.3, 0.4) is 0 Å². The van der Waals surface area contributed by atoms with E-state index in [2.05, 4.69) is 26.3 Å². The molecule has 0 aliphatic carbocycles. The summed E-state index contributed by atoms with van der Waals surface area (Å²) >= 11 is 1.68. The van der Waals surface area contributed by atoms with E-state index in [4.69, 9.17) is 0 Å². The number of hydrogen-bond acceptors (Lipinski definition) is 6. The van der Waals surface area contributed by atoms with Crippen LogP contribution in [0.1, 0.15) is 5.56 Å². The quantitative estimate of drug-likeness (QED) is 0.845. The standard InChI is InChI=1S/C13H17N5S/c1-18(2)13-16-6-10(7-17-13)5-15-11-4-12(19-3)9-14-8-11/h4,6-9,15H,5H2,1-3H3. The van der Waals surface area contributed by atoms with Gasteiger partial charge in [-0.2, -0.15) is 0 Å². The zero-order valence-electron chi connectivity index (χ0n) is 11.3. The van der Waals surface area contributed by atoms with Crippen molar-refractivity contribution in [3.63, 3.8) is 0 Å². The molecule has 0 atom stereocenters. The Bertz CT molecular complexity index is 527. The fourth-order valence-electron chi connectivity index (χ4n) is 1.50. The first-order valence-electron chi connectivity index (χ1n) is 5.90. The third-order valence-electron chi connectivity index (χ3n) is 2.54. The first kappa shape index (κ1) is 13.6. The van der Waals surface area contributed by atoms with Gasteiger partial charge in [-0.25, -0.2) is 9.97 Å². The van der Waals surface area contributed by atoms with E-state index in [9.17, 15) is 0 Å². The van der Waals surface area contributed by atoms with Gasteiger partial charge in [0.15, 0.2) is 0 Å². The molecule has 0 spiro atoms. The zero-order chi connectivity index (χ0) is 13.7. The van der Waals surface area contributed by atoms with Crippen LogP contribution in [-0.2, 0) is 6.54 Å². The van der Waals surface area contributed by atoms with Crippen molar-refractivity contribution >= 4 is 23.4 Å². The summed E-state index contributed by atoms with van der Waals surface area (Å²) in [4.78, 5) is 15.8. The molecule has 19 heavy (non-hydrogen) atoms. The van der Waals surface area contributed by atoms with Gasteiger partial charge in [-0.15, -0.1) is 11.8 Å². The molecule has 0 unspecified atom stereocenters. The van der Waals surface area contributed by atoms with Crippen LogP contribution in [0.5, 0.6) is 0 Å². The van der Waals surface area contributed by atoms with Gasteiger partial charge in [-0.05, 0) is 12.3 Å². The summed E-state index contributed by atoms with van der Waals surface area (Å²) in [5, 5.41) is 3.31. The predicted octanol–water partition coefficient (Wildman–Crippen LogP) is 2.27. The summed E-state index contributed by atoms with van der Waals surface area (Å²) in [5.41, 5.74) is 2.05. The van der Waals surface area contributed by atoms with E-state index in [0.717, 1.165) is 22.1 Å². The largest absolute Gasteiger partial charge is 0.380 e. The highest BCUT2D eigenvalue weighted by molar-refractivity contribution is 7.98. The molecule has 0 aromatic carbocycles. The highest BCUT2D eigenvalue weighted by Gasteiger charge is 2.00. The molecule has 0 bridgehead atoms. The van der Waals surface area contributed by atoms with E-state index in [1.165, 1.54) is 0 Å². The Morgan fingerprint density at radius 3 is 2.53 bits per heavy atom. The number of anilines is 2. The second-order valence-electron chi connectivity index (χ2n) is 4.25. The van der Waals surface area contributed by atoms with Crippen LogP contribution in [-0.4, -0.2) is 35.3 Å². The maximum atomic E-state index is 4.28. The van der Waals surface area contributed by atoms with Crippen molar-refractivity contribution in [2.24, 2.45) is 0 Å². The van der Waals surface area contributed by atoms with E-state index < -0.39 is 0 Å². The van der Waals surface area contributed by atoms with Gasteiger partial charge >= 0.3 is 0 Å². The Morgan fingerprint density at radius 2 is 1.89 bits per heavy atom. The molecule has 0 aliphatic heterocycles. The third-order valence-corrected chi connectivity index (χ3v) is 3.23. The van der Waals surface area contributed by atoms with Crippen LogP contribution in [0, 0.1) is 0 Å². The average molecular weight is 275 g/mol. The van der Waals surface area contributed by atoms with Crippen molar-refractivity contribution in [2.75, 3.05) is 30.6 Å². The Hall–Kier alpha value is -1.82. The summed E-state index contributed by atoms with van der Waals surface area (Å²) in [7, 11) is 3.85. The molecule has 0 radical (unpaired) electrons. The summed E-state index contributed by atoms with van der Waals surface area (Å²) < 4.78 is 0. The molecule has 6 heteroatoms. The highest BCUT2D eigenvalue weighted by Crippen LogP contribution is 2.17. The zero-order valence-corrected chi connectivity index (χ0v) is 12.1. The third kappa shape index (κ3) is 3.82. The molecule has 2 rings (SSSR count). The molecule has 0 amide bonds. The van der Waals surface area contributed by atoms with Crippen LogP contribution in [0.15, 0.2) is 35.7 Å². The van der Waals surface area contributed by atoms with Gasteiger partial charge in [0.2, 0.25) is 5.95 Å². The van der Waals surface area contributed by atoms with Gasteiger partial charge in [-0.3, -0.25) is 4.98 Å². The number of aromatic nitrogens is 3. The van der Waals surface area contributed by atoms with Crippen LogP contribution < -0.4 is 10.2 Å². The van der Waals surface area contributed by atoms with Crippen molar-refractivity contribution in [1.82, 2.24) is 15.0 Å². The molecule has 1 N–H and O–H groups in total. The molecule has 5 nitrogen and oxygen atoms in total. The van der Waals surface area contributed by atoms with E-state index in [1.54, 1.807) is 11.8 Å². The number of rotatable bonds is 5. The predicted molar refractivity (Wildman–Crippen MR) is 79.7 cm³/mol. The first-order chi connectivity index (χ1) is 9.19. The second-order valence-corrected chi connectivity index (χ2v) is 5.13. The Kier molecular flexibility index (Phi) is 4.57. The summed E-state index contributed by atoms with van der Waals surface area (Å²) in [5.74, 6) is 0.717. The fraction of sp³-hybridized carbons (Fsp3) is 0.308. The average Bonchev–Trinajstić information content (AvgIpc) is 2.46. The molecule has 2 aromatic heterocycles. The van der Waals surface area contributed by atoms with Gasteiger partial charge in [0, 0.05) is 49.7 Å². The van der Waals surface area contributed by atoms with Gasteiger partial charge in [0.25, 0.3) is 0 Å². The van der Waals surface area contributed by atoms with Crippen molar-refractivity contribution in [3.8, 4) is 0 Å². The minimum atomic E-state index is 0.688. The molecule has 100 valence electrons. The summed E-state index contributed by atoms with van der Waals surface area (Å²) in [6, 6.07) is 2.08. The van der Waals surface area contributed by atoms with Crippen LogP contribution in [0.25, 0.3) is 0 Å². The van der Waals surface area contributed by atoms with Gasteiger partial charge in [-0.1, -0.05) is 0 Å². The smallest absolute Gasteiger partial charge is 0.224 e. The Labute approximate surface area is 117 Å². The molecular weight excluding hydrogens is 258 g/mol. The molecule has 2 aromatic rings. The number of hydrogen-bond donors (Lipinski definition) is 1. The molecule has 0 saturated carbocycles. The topological polar surface area (TPSA) is 53.9 Å². The van der Waals surface area contributed by atoms with Crippen LogP contribution in [0.2, 0.25) is 0 Å². The lowest BCUT2D eigenvalue weighted by atomic mass is 10.3. The number of pyridine rings is 1. The van der Waals surface area contributed by atoms with E-state index in [-0.39, 0.29) is 0 Å². The van der Waals surface area contributed by atoms with E-state index in [1.807, 2.05) is 50.0 Å².